The van der Waals surface area contributed by atoms with E-state index in [2.05, 4.69) is 0 Å². The Labute approximate surface area is 126 Å². The van der Waals surface area contributed by atoms with Gasteiger partial charge in [-0.05, 0) is 18.2 Å². The lowest BCUT2D eigenvalue weighted by Gasteiger charge is -2.08. The number of carbonyl (C=O) groups excluding carboxylic acids is 2. The second-order valence-electron chi connectivity index (χ2n) is 4.45. The van der Waals surface area contributed by atoms with Crippen LogP contribution in [0.1, 0.15) is 10.4 Å². The maximum atomic E-state index is 12.0. The molecule has 2 aromatic rings. The minimum atomic E-state index is -0.656. The van der Waals surface area contributed by atoms with Gasteiger partial charge < -0.3 is 14.0 Å². The van der Waals surface area contributed by atoms with Gasteiger partial charge in [-0.25, -0.2) is 0 Å². The van der Waals surface area contributed by atoms with Crippen LogP contribution in [0.3, 0.4) is 0 Å². The Kier molecular flexibility index (Phi) is 5.08. The SMILES string of the molecule is COc1ccccc1C(=O)COC(=O)Cn1ccccc1=O. The van der Waals surface area contributed by atoms with Gasteiger partial charge >= 0.3 is 5.97 Å². The quantitative estimate of drug-likeness (QED) is 0.593. The number of esters is 1. The number of benzene rings is 1. The molecule has 1 heterocycles. The molecule has 114 valence electrons. The van der Waals surface area contributed by atoms with E-state index in [1.54, 1.807) is 36.4 Å². The Balaban J connectivity index is 1.95. The fraction of sp³-hybridized carbons (Fsp3) is 0.188. The molecule has 0 aliphatic carbocycles. The second kappa shape index (κ2) is 7.21. The standard InChI is InChI=1S/C16H15NO5/c1-21-14-7-3-2-6-12(14)13(18)11-22-16(20)10-17-9-5-4-8-15(17)19/h2-9H,10-11H2,1H3. The first-order valence-electron chi connectivity index (χ1n) is 6.59. The Bertz CT molecular complexity index is 735. The van der Waals surface area contributed by atoms with Gasteiger partial charge in [0.05, 0.1) is 12.7 Å². The number of hydrogen-bond donors (Lipinski definition) is 0. The molecule has 2 rings (SSSR count). The zero-order valence-electron chi connectivity index (χ0n) is 12.0. The molecule has 0 saturated heterocycles. The van der Waals surface area contributed by atoms with Crippen LogP contribution < -0.4 is 10.3 Å². The molecular formula is C16H15NO5. The van der Waals surface area contributed by atoms with Gasteiger partial charge in [0.1, 0.15) is 12.3 Å². The van der Waals surface area contributed by atoms with Crippen molar-refractivity contribution in [3.05, 3.63) is 64.6 Å². The van der Waals surface area contributed by atoms with Gasteiger partial charge in [-0.1, -0.05) is 18.2 Å². The number of rotatable bonds is 6. The highest BCUT2D eigenvalue weighted by molar-refractivity contribution is 6.00. The summed E-state index contributed by atoms with van der Waals surface area (Å²) in [6, 6.07) is 11.2. The van der Waals surface area contributed by atoms with E-state index in [1.807, 2.05) is 0 Å². The largest absolute Gasteiger partial charge is 0.496 e. The summed E-state index contributed by atoms with van der Waals surface area (Å²) in [5, 5.41) is 0. The van der Waals surface area contributed by atoms with Gasteiger partial charge in [0, 0.05) is 12.3 Å². The molecular weight excluding hydrogens is 286 g/mol. The average molecular weight is 301 g/mol. The summed E-state index contributed by atoms with van der Waals surface area (Å²) in [5.41, 5.74) is 0.0326. The highest BCUT2D eigenvalue weighted by atomic mass is 16.5. The van der Waals surface area contributed by atoms with Crippen LogP contribution >= 0.6 is 0 Å². The Morgan fingerprint density at radius 1 is 1.09 bits per heavy atom. The van der Waals surface area contributed by atoms with Gasteiger partial charge in [0.2, 0.25) is 5.78 Å². The van der Waals surface area contributed by atoms with Crippen molar-refractivity contribution in [2.45, 2.75) is 6.54 Å². The molecule has 0 amide bonds. The molecule has 0 radical (unpaired) electrons. The third-order valence-corrected chi connectivity index (χ3v) is 2.97. The smallest absolute Gasteiger partial charge is 0.326 e. The van der Waals surface area contributed by atoms with Crippen LogP contribution in [0.15, 0.2) is 53.5 Å². The van der Waals surface area contributed by atoms with E-state index >= 15 is 0 Å². The number of nitrogens with zero attached hydrogens (tertiary/aromatic N) is 1. The molecule has 22 heavy (non-hydrogen) atoms. The Hall–Kier alpha value is -2.89. The molecule has 0 atom stereocenters. The lowest BCUT2D eigenvalue weighted by atomic mass is 10.1. The molecule has 0 spiro atoms. The van der Waals surface area contributed by atoms with Gasteiger partial charge in [-0.2, -0.15) is 0 Å². The summed E-state index contributed by atoms with van der Waals surface area (Å²) in [4.78, 5) is 35.2. The van der Waals surface area contributed by atoms with Gasteiger partial charge in [-0.15, -0.1) is 0 Å². The van der Waals surface area contributed by atoms with Crippen LogP contribution in [0.5, 0.6) is 5.75 Å². The topological polar surface area (TPSA) is 74.6 Å². The Morgan fingerprint density at radius 2 is 1.82 bits per heavy atom. The van der Waals surface area contributed by atoms with Crippen molar-refractivity contribution in [3.63, 3.8) is 0 Å². The summed E-state index contributed by atoms with van der Waals surface area (Å²) >= 11 is 0. The van der Waals surface area contributed by atoms with Crippen molar-refractivity contribution < 1.29 is 19.1 Å². The van der Waals surface area contributed by atoms with E-state index in [1.165, 1.54) is 23.9 Å². The van der Waals surface area contributed by atoms with E-state index in [0.717, 1.165) is 0 Å². The van der Waals surface area contributed by atoms with Crippen molar-refractivity contribution in [1.29, 1.82) is 0 Å². The molecule has 0 N–H and O–H groups in total. The predicted molar refractivity (Wildman–Crippen MR) is 79.0 cm³/mol. The molecule has 0 saturated carbocycles. The molecule has 0 unspecified atom stereocenters. The van der Waals surface area contributed by atoms with E-state index in [-0.39, 0.29) is 17.9 Å². The number of pyridine rings is 1. The number of carbonyl (C=O) groups is 2. The number of ether oxygens (including phenoxy) is 2. The van der Waals surface area contributed by atoms with Gasteiger partial charge in [0.25, 0.3) is 5.56 Å². The van der Waals surface area contributed by atoms with Crippen molar-refractivity contribution in [2.24, 2.45) is 0 Å². The molecule has 0 aliphatic heterocycles. The molecule has 0 aliphatic rings. The van der Waals surface area contributed by atoms with Crippen molar-refractivity contribution in [2.75, 3.05) is 13.7 Å². The Morgan fingerprint density at radius 3 is 2.55 bits per heavy atom. The summed E-state index contributed by atoms with van der Waals surface area (Å²) < 4.78 is 11.2. The summed E-state index contributed by atoms with van der Waals surface area (Å²) in [6.45, 7) is -0.639. The van der Waals surface area contributed by atoms with Crippen LogP contribution in [0.25, 0.3) is 0 Å². The monoisotopic (exact) mass is 301 g/mol. The number of hydrogen-bond acceptors (Lipinski definition) is 5. The van der Waals surface area contributed by atoms with E-state index in [9.17, 15) is 14.4 Å². The van der Waals surface area contributed by atoms with Crippen molar-refractivity contribution in [3.8, 4) is 5.75 Å². The van der Waals surface area contributed by atoms with Crippen LogP contribution in [0, 0.1) is 0 Å². The lowest BCUT2D eigenvalue weighted by molar-refractivity contribution is -0.143. The first kappa shape index (κ1) is 15.5. The van der Waals surface area contributed by atoms with Crippen LogP contribution in [-0.4, -0.2) is 30.0 Å². The first-order valence-corrected chi connectivity index (χ1v) is 6.59. The average Bonchev–Trinajstić information content (AvgIpc) is 2.54. The highest BCUT2D eigenvalue weighted by Crippen LogP contribution is 2.17. The lowest BCUT2D eigenvalue weighted by Crippen LogP contribution is -2.25. The minimum Gasteiger partial charge on any atom is -0.496 e. The zero-order chi connectivity index (χ0) is 15.9. The van der Waals surface area contributed by atoms with Crippen molar-refractivity contribution in [1.82, 2.24) is 4.57 Å². The zero-order valence-corrected chi connectivity index (χ0v) is 12.0. The van der Waals surface area contributed by atoms with E-state index in [4.69, 9.17) is 9.47 Å². The number of ketones is 1. The molecule has 0 bridgehead atoms. The third-order valence-electron chi connectivity index (χ3n) is 2.97. The normalized spacial score (nSPS) is 10.0. The maximum Gasteiger partial charge on any atom is 0.326 e. The fourth-order valence-electron chi connectivity index (χ4n) is 1.87. The van der Waals surface area contributed by atoms with Gasteiger partial charge in [-0.3, -0.25) is 14.4 Å². The molecule has 0 fully saturated rings. The molecule has 1 aromatic heterocycles. The maximum absolute atomic E-state index is 12.0. The summed E-state index contributed by atoms with van der Waals surface area (Å²) in [7, 11) is 1.46. The first-order chi connectivity index (χ1) is 10.6. The van der Waals surface area contributed by atoms with Crippen LogP contribution in [0.4, 0.5) is 0 Å². The third kappa shape index (κ3) is 3.82. The molecule has 6 nitrogen and oxygen atoms in total. The summed E-state index contributed by atoms with van der Waals surface area (Å²) in [6.07, 6.45) is 1.48. The number of methoxy groups -OCH3 is 1. The van der Waals surface area contributed by atoms with Gasteiger partial charge in [0.15, 0.2) is 6.61 Å². The second-order valence-corrected chi connectivity index (χ2v) is 4.45. The van der Waals surface area contributed by atoms with E-state index in [0.29, 0.717) is 11.3 Å². The minimum absolute atomic E-state index is 0.237. The number of aromatic nitrogens is 1. The summed E-state index contributed by atoms with van der Waals surface area (Å²) in [5.74, 6) is -0.606. The van der Waals surface area contributed by atoms with Crippen molar-refractivity contribution >= 4 is 11.8 Å². The molecule has 6 heteroatoms. The van der Waals surface area contributed by atoms with Crippen LogP contribution in [-0.2, 0) is 16.1 Å². The number of para-hydroxylation sites is 1. The predicted octanol–water partition coefficient (Wildman–Crippen LogP) is 1.28. The fourth-order valence-corrected chi connectivity index (χ4v) is 1.87. The number of Topliss-reactive ketones (excluding diaryl/α,β-unsaturated/α-hetero) is 1. The van der Waals surface area contributed by atoms with E-state index < -0.39 is 12.6 Å². The molecule has 1 aromatic carbocycles. The van der Waals surface area contributed by atoms with Crippen LogP contribution in [0.2, 0.25) is 0 Å². The highest BCUT2D eigenvalue weighted by Gasteiger charge is 2.14.